The third kappa shape index (κ3) is 5.72. The van der Waals surface area contributed by atoms with Gasteiger partial charge in [0, 0.05) is 16.1 Å². The van der Waals surface area contributed by atoms with Gasteiger partial charge in [0.1, 0.15) is 5.75 Å². The maximum Gasteiger partial charge on any atom is 0.261 e. The van der Waals surface area contributed by atoms with E-state index in [0.29, 0.717) is 34.5 Å². The van der Waals surface area contributed by atoms with Crippen molar-refractivity contribution in [3.63, 3.8) is 0 Å². The van der Waals surface area contributed by atoms with Crippen LogP contribution in [0.25, 0.3) is 0 Å². The fourth-order valence-electron chi connectivity index (χ4n) is 2.50. The molecule has 0 unspecified atom stereocenters. The Hall–Kier alpha value is -2.55. The quantitative estimate of drug-likeness (QED) is 0.528. The minimum atomic E-state index is -3.74. The molecule has 1 amide bonds. The predicted octanol–water partition coefficient (Wildman–Crippen LogP) is 4.53. The summed E-state index contributed by atoms with van der Waals surface area (Å²) >= 11 is 7.27. The zero-order valence-electron chi connectivity index (χ0n) is 15.5. The molecule has 2 N–H and O–H groups in total. The lowest BCUT2D eigenvalue weighted by Crippen LogP contribution is -2.22. The molecule has 3 rings (SSSR count). The highest BCUT2D eigenvalue weighted by atomic mass is 35.5. The van der Waals surface area contributed by atoms with Gasteiger partial charge < -0.3 is 10.1 Å². The first-order valence-corrected chi connectivity index (χ1v) is 11.4. The number of anilines is 1. The van der Waals surface area contributed by atoms with Crippen LogP contribution in [0.3, 0.4) is 0 Å². The summed E-state index contributed by atoms with van der Waals surface area (Å²) in [4.78, 5) is 13.3. The van der Waals surface area contributed by atoms with Crippen LogP contribution in [0.2, 0.25) is 4.34 Å². The number of benzene rings is 2. The maximum atomic E-state index is 12.5. The average Bonchev–Trinajstić information content (AvgIpc) is 3.12. The lowest BCUT2D eigenvalue weighted by molar-refractivity contribution is 0.0951. The topological polar surface area (TPSA) is 84.5 Å². The van der Waals surface area contributed by atoms with Crippen LogP contribution in [0.1, 0.15) is 22.2 Å². The Morgan fingerprint density at radius 2 is 1.72 bits per heavy atom. The van der Waals surface area contributed by atoms with E-state index in [1.165, 1.54) is 23.5 Å². The molecule has 0 radical (unpaired) electrons. The Bertz CT molecular complexity index is 1080. The fraction of sp³-hybridized carbons (Fsp3) is 0.150. The van der Waals surface area contributed by atoms with Gasteiger partial charge in [0.05, 0.1) is 22.4 Å². The number of thiophene rings is 1. The van der Waals surface area contributed by atoms with E-state index < -0.39 is 10.0 Å². The zero-order chi connectivity index (χ0) is 20.9. The van der Waals surface area contributed by atoms with Gasteiger partial charge in [-0.15, -0.1) is 11.3 Å². The maximum absolute atomic E-state index is 12.5. The standard InChI is InChI=1S/C20H19ClN2O4S2/c1-2-27-16-7-10-18(11-8-16)29(25,26)23-15-5-3-14(4-6-15)20(24)22-13-17-9-12-19(21)28-17/h3-12,23H,2,13H2,1H3,(H,22,24). The summed E-state index contributed by atoms with van der Waals surface area (Å²) in [5.41, 5.74) is 0.789. The van der Waals surface area contributed by atoms with E-state index in [1.807, 2.05) is 13.0 Å². The number of sulfonamides is 1. The molecule has 29 heavy (non-hydrogen) atoms. The molecule has 0 saturated carbocycles. The van der Waals surface area contributed by atoms with Crippen molar-refractivity contribution in [1.82, 2.24) is 5.32 Å². The first kappa shape index (κ1) is 21.2. The van der Waals surface area contributed by atoms with E-state index in [4.69, 9.17) is 16.3 Å². The summed E-state index contributed by atoms with van der Waals surface area (Å²) in [5.74, 6) is 0.349. The number of hydrogen-bond acceptors (Lipinski definition) is 5. The lowest BCUT2D eigenvalue weighted by atomic mass is 10.2. The second-order valence-corrected chi connectivity index (χ2v) is 9.46. The number of hydrogen-bond donors (Lipinski definition) is 2. The number of amides is 1. The highest BCUT2D eigenvalue weighted by molar-refractivity contribution is 7.92. The zero-order valence-corrected chi connectivity index (χ0v) is 17.9. The van der Waals surface area contributed by atoms with Crippen LogP contribution >= 0.6 is 22.9 Å². The molecule has 0 aliphatic carbocycles. The van der Waals surface area contributed by atoms with E-state index in [2.05, 4.69) is 10.0 Å². The van der Waals surface area contributed by atoms with Crippen molar-refractivity contribution in [3.05, 3.63) is 75.4 Å². The van der Waals surface area contributed by atoms with Crippen LogP contribution in [0, 0.1) is 0 Å². The summed E-state index contributed by atoms with van der Waals surface area (Å²) in [7, 11) is -3.74. The highest BCUT2D eigenvalue weighted by Gasteiger charge is 2.15. The fourth-order valence-corrected chi connectivity index (χ4v) is 4.59. The van der Waals surface area contributed by atoms with Crippen molar-refractivity contribution >= 4 is 44.6 Å². The van der Waals surface area contributed by atoms with Gasteiger partial charge in [-0.2, -0.15) is 0 Å². The predicted molar refractivity (Wildman–Crippen MR) is 115 cm³/mol. The van der Waals surface area contributed by atoms with Crippen LogP contribution in [0.5, 0.6) is 5.75 Å². The van der Waals surface area contributed by atoms with Gasteiger partial charge in [-0.25, -0.2) is 8.42 Å². The van der Waals surface area contributed by atoms with Crippen molar-refractivity contribution in [1.29, 1.82) is 0 Å². The van der Waals surface area contributed by atoms with E-state index in [9.17, 15) is 13.2 Å². The molecule has 0 fully saturated rings. The molecule has 0 saturated heterocycles. The molecule has 9 heteroatoms. The Labute approximate surface area is 178 Å². The first-order chi connectivity index (χ1) is 13.9. The van der Waals surface area contributed by atoms with Gasteiger partial charge in [-0.05, 0) is 67.6 Å². The second-order valence-electron chi connectivity index (χ2n) is 5.98. The van der Waals surface area contributed by atoms with Crippen LogP contribution in [0.15, 0.2) is 65.6 Å². The summed E-state index contributed by atoms with van der Waals surface area (Å²) in [6, 6.07) is 16.0. The molecule has 152 valence electrons. The monoisotopic (exact) mass is 450 g/mol. The van der Waals surface area contributed by atoms with Crippen molar-refractivity contribution in [2.45, 2.75) is 18.4 Å². The number of nitrogens with one attached hydrogen (secondary N) is 2. The third-order valence-corrected chi connectivity index (χ3v) is 6.52. The SMILES string of the molecule is CCOc1ccc(S(=O)(=O)Nc2ccc(C(=O)NCc3ccc(Cl)s3)cc2)cc1. The third-order valence-electron chi connectivity index (χ3n) is 3.90. The van der Waals surface area contributed by atoms with Gasteiger partial charge >= 0.3 is 0 Å². The highest BCUT2D eigenvalue weighted by Crippen LogP contribution is 2.22. The molecule has 0 spiro atoms. The number of rotatable bonds is 8. The number of carbonyl (C=O) groups excluding carboxylic acids is 1. The Balaban J connectivity index is 1.62. The largest absolute Gasteiger partial charge is 0.494 e. The van der Waals surface area contributed by atoms with Gasteiger partial charge in [0.2, 0.25) is 0 Å². The molecule has 0 aliphatic heterocycles. The molecular weight excluding hydrogens is 432 g/mol. The summed E-state index contributed by atoms with van der Waals surface area (Å²) in [5, 5.41) is 2.80. The van der Waals surface area contributed by atoms with Crippen molar-refractivity contribution in [3.8, 4) is 5.75 Å². The number of carbonyl (C=O) groups is 1. The minimum Gasteiger partial charge on any atom is -0.494 e. The number of halogens is 1. The molecule has 0 atom stereocenters. The Morgan fingerprint density at radius 3 is 2.31 bits per heavy atom. The van der Waals surface area contributed by atoms with Gasteiger partial charge in [-0.1, -0.05) is 11.6 Å². The lowest BCUT2D eigenvalue weighted by Gasteiger charge is -2.10. The molecule has 6 nitrogen and oxygen atoms in total. The van der Waals surface area contributed by atoms with E-state index in [-0.39, 0.29) is 10.8 Å². The molecule has 3 aromatic rings. The Kier molecular flexibility index (Phi) is 6.79. The smallest absolute Gasteiger partial charge is 0.261 e. The molecule has 1 heterocycles. The summed E-state index contributed by atoms with van der Waals surface area (Å²) in [6.45, 7) is 2.74. The van der Waals surface area contributed by atoms with Gasteiger partial charge in [-0.3, -0.25) is 9.52 Å². The van der Waals surface area contributed by atoms with E-state index in [1.54, 1.807) is 42.5 Å². The summed E-state index contributed by atoms with van der Waals surface area (Å²) < 4.78 is 33.5. The number of ether oxygens (including phenoxy) is 1. The molecule has 0 bridgehead atoms. The van der Waals surface area contributed by atoms with E-state index in [0.717, 1.165) is 4.88 Å². The van der Waals surface area contributed by atoms with Crippen LogP contribution in [0.4, 0.5) is 5.69 Å². The van der Waals surface area contributed by atoms with Crippen LogP contribution < -0.4 is 14.8 Å². The average molecular weight is 451 g/mol. The van der Waals surface area contributed by atoms with Crippen LogP contribution in [-0.4, -0.2) is 20.9 Å². The molecule has 0 aliphatic rings. The summed E-state index contributed by atoms with van der Waals surface area (Å²) in [6.07, 6.45) is 0. The van der Waals surface area contributed by atoms with Crippen LogP contribution in [-0.2, 0) is 16.6 Å². The molecule has 1 aromatic heterocycles. The van der Waals surface area contributed by atoms with Crippen molar-refractivity contribution < 1.29 is 17.9 Å². The first-order valence-electron chi connectivity index (χ1n) is 8.75. The van der Waals surface area contributed by atoms with Crippen molar-refractivity contribution in [2.24, 2.45) is 0 Å². The molecule has 2 aromatic carbocycles. The van der Waals surface area contributed by atoms with Crippen molar-refractivity contribution in [2.75, 3.05) is 11.3 Å². The molecular formula is C20H19ClN2O4S2. The van der Waals surface area contributed by atoms with Gasteiger partial charge in [0.25, 0.3) is 15.9 Å². The Morgan fingerprint density at radius 1 is 1.03 bits per heavy atom. The minimum absolute atomic E-state index is 0.123. The normalized spacial score (nSPS) is 11.1. The second kappa shape index (κ2) is 9.30. The van der Waals surface area contributed by atoms with Gasteiger partial charge in [0.15, 0.2) is 0 Å². The van der Waals surface area contributed by atoms with E-state index >= 15 is 0 Å².